The van der Waals surface area contributed by atoms with Gasteiger partial charge in [-0.2, -0.15) is 5.26 Å². The number of esters is 1. The fourth-order valence-electron chi connectivity index (χ4n) is 4.15. The third-order valence-corrected chi connectivity index (χ3v) is 6.10. The van der Waals surface area contributed by atoms with Gasteiger partial charge in [0.15, 0.2) is 5.57 Å². The highest BCUT2D eigenvalue weighted by atomic mass is 16.5. The van der Waals surface area contributed by atoms with E-state index in [-0.39, 0.29) is 35.6 Å². The third kappa shape index (κ3) is 6.50. The highest BCUT2D eigenvalue weighted by Crippen LogP contribution is 2.18. The molecule has 5 N–H and O–H groups in total. The Labute approximate surface area is 204 Å². The van der Waals surface area contributed by atoms with Crippen molar-refractivity contribution in [3.8, 4) is 6.07 Å². The molecule has 186 valence electrons. The molecule has 2 heterocycles. The summed E-state index contributed by atoms with van der Waals surface area (Å²) in [7, 11) is 1.17. The number of nitrogens with zero attached hydrogens (tertiary/aromatic N) is 3. The van der Waals surface area contributed by atoms with Crippen molar-refractivity contribution in [2.75, 3.05) is 38.6 Å². The normalized spacial score (nSPS) is 18.7. The van der Waals surface area contributed by atoms with E-state index in [0.717, 1.165) is 25.7 Å². The minimum absolute atomic E-state index is 0.0120. The Morgan fingerprint density at radius 2 is 1.83 bits per heavy atom. The van der Waals surface area contributed by atoms with E-state index >= 15 is 0 Å². The van der Waals surface area contributed by atoms with E-state index in [1.807, 2.05) is 6.07 Å². The number of rotatable bonds is 8. The van der Waals surface area contributed by atoms with Crippen LogP contribution in [0.25, 0.3) is 0 Å². The van der Waals surface area contributed by atoms with E-state index in [1.165, 1.54) is 7.11 Å². The number of ether oxygens (including phenoxy) is 1. The highest BCUT2D eigenvalue weighted by molar-refractivity contribution is 5.96. The van der Waals surface area contributed by atoms with Crippen LogP contribution in [-0.2, 0) is 19.1 Å². The molecule has 3 rings (SSSR count). The number of nitrogens with two attached hydrogens (primary N) is 1. The molecule has 1 aromatic rings. The fraction of sp³-hybridized carbons (Fsp3) is 0.458. The predicted molar refractivity (Wildman–Crippen MR) is 129 cm³/mol. The van der Waals surface area contributed by atoms with E-state index in [1.54, 1.807) is 34.1 Å². The van der Waals surface area contributed by atoms with Crippen molar-refractivity contribution in [2.45, 2.75) is 38.1 Å². The Bertz CT molecular complexity index is 1040. The molecule has 11 heteroatoms. The van der Waals surface area contributed by atoms with Gasteiger partial charge < -0.3 is 30.9 Å². The Hall–Kier alpha value is -4.07. The first-order valence-electron chi connectivity index (χ1n) is 11.6. The molecule has 2 fully saturated rings. The largest absolute Gasteiger partial charge is 0.465 e. The lowest BCUT2D eigenvalue weighted by molar-refractivity contribution is -0.140. The molecule has 2 amide bonds. The summed E-state index contributed by atoms with van der Waals surface area (Å²) in [6, 6.07) is 7.62. The van der Waals surface area contributed by atoms with Crippen LogP contribution >= 0.6 is 0 Å². The second-order valence-corrected chi connectivity index (χ2v) is 8.51. The number of anilines is 1. The van der Waals surface area contributed by atoms with Crippen molar-refractivity contribution < 1.29 is 19.1 Å². The lowest BCUT2D eigenvalue weighted by Gasteiger charge is -2.28. The molecule has 2 aliphatic rings. The highest BCUT2D eigenvalue weighted by Gasteiger charge is 2.31. The van der Waals surface area contributed by atoms with Crippen LogP contribution in [0.4, 0.5) is 5.69 Å². The summed E-state index contributed by atoms with van der Waals surface area (Å²) in [6.45, 7) is 1.91. The molecular formula is C24H31N7O4. The van der Waals surface area contributed by atoms with Crippen molar-refractivity contribution in [1.82, 2.24) is 15.1 Å². The van der Waals surface area contributed by atoms with E-state index in [4.69, 9.17) is 15.9 Å². The van der Waals surface area contributed by atoms with Gasteiger partial charge in [0.25, 0.3) is 0 Å². The Morgan fingerprint density at radius 3 is 2.43 bits per heavy atom. The first-order valence-corrected chi connectivity index (χ1v) is 11.6. The molecule has 0 aliphatic carbocycles. The molecule has 0 unspecified atom stereocenters. The van der Waals surface area contributed by atoms with E-state index < -0.39 is 12.0 Å². The predicted octanol–water partition coefficient (Wildman–Crippen LogP) is 0.884. The first kappa shape index (κ1) is 25.6. The molecule has 0 bridgehead atoms. The summed E-state index contributed by atoms with van der Waals surface area (Å²) in [4.78, 5) is 41.6. The number of amides is 2. The molecule has 35 heavy (non-hydrogen) atoms. The monoisotopic (exact) mass is 481 g/mol. The van der Waals surface area contributed by atoms with Gasteiger partial charge in [0.2, 0.25) is 11.8 Å². The van der Waals surface area contributed by atoms with Crippen LogP contribution in [0.2, 0.25) is 0 Å². The molecule has 0 saturated carbocycles. The zero-order valence-electron chi connectivity index (χ0n) is 19.8. The second kappa shape index (κ2) is 11.9. The molecule has 1 atom stereocenters. The van der Waals surface area contributed by atoms with Gasteiger partial charge in [-0.05, 0) is 56.4 Å². The SMILES string of the molecule is COC(=O)/C(C#N)=C(\Nc1ccc(C(=N)N)cc1)N[C@H]1CCCCN(CC(=O)N2CCCC2)C1=O. The van der Waals surface area contributed by atoms with Crippen LogP contribution in [0.3, 0.4) is 0 Å². The number of carbonyl (C=O) groups excluding carboxylic acids is 3. The number of nitrogens with one attached hydrogen (secondary N) is 3. The summed E-state index contributed by atoms with van der Waals surface area (Å²) in [6.07, 6.45) is 3.90. The molecule has 0 aromatic heterocycles. The summed E-state index contributed by atoms with van der Waals surface area (Å²) in [5, 5.41) is 23.2. The zero-order valence-corrected chi connectivity index (χ0v) is 19.8. The van der Waals surface area contributed by atoms with E-state index in [9.17, 15) is 19.6 Å². The van der Waals surface area contributed by atoms with Gasteiger partial charge in [0.05, 0.1) is 13.7 Å². The minimum Gasteiger partial charge on any atom is -0.465 e. The maximum Gasteiger partial charge on any atom is 0.352 e. The zero-order chi connectivity index (χ0) is 25.4. The van der Waals surface area contributed by atoms with Gasteiger partial charge in [-0.25, -0.2) is 4.79 Å². The average molecular weight is 482 g/mol. The van der Waals surface area contributed by atoms with Crippen molar-refractivity contribution in [2.24, 2.45) is 5.73 Å². The number of carbonyl (C=O) groups is 3. The second-order valence-electron chi connectivity index (χ2n) is 8.51. The lowest BCUT2D eigenvalue weighted by Crippen LogP contribution is -2.49. The molecule has 11 nitrogen and oxygen atoms in total. The third-order valence-electron chi connectivity index (χ3n) is 6.10. The maximum atomic E-state index is 13.4. The van der Waals surface area contributed by atoms with Crippen molar-refractivity contribution >= 4 is 29.3 Å². The number of benzene rings is 1. The summed E-state index contributed by atoms with van der Waals surface area (Å²) < 4.78 is 4.75. The first-order chi connectivity index (χ1) is 16.8. The standard InChI is InChI=1S/C24H31N7O4/c1-35-24(34)18(14-25)22(28-17-9-7-16(8-10-17)21(26)27)29-19-6-2-3-13-31(23(19)33)15-20(32)30-11-4-5-12-30/h7-10,19,28-29H,2-6,11-13,15H2,1H3,(H3,26,27)/b22-18+/t19-/m0/s1. The van der Waals surface area contributed by atoms with Crippen LogP contribution in [0.1, 0.15) is 37.7 Å². The Kier molecular flexibility index (Phi) is 8.67. The van der Waals surface area contributed by atoms with Gasteiger partial charge >= 0.3 is 5.97 Å². The average Bonchev–Trinajstić information content (AvgIpc) is 3.34. The van der Waals surface area contributed by atoms with Crippen molar-refractivity contribution in [3.05, 3.63) is 41.2 Å². The summed E-state index contributed by atoms with van der Waals surface area (Å²) >= 11 is 0. The molecule has 0 radical (unpaired) electrons. The van der Waals surface area contributed by atoms with Crippen LogP contribution in [0, 0.1) is 16.7 Å². The quantitative estimate of drug-likeness (QED) is 0.140. The van der Waals surface area contributed by atoms with Gasteiger partial charge in [-0.3, -0.25) is 15.0 Å². The smallest absolute Gasteiger partial charge is 0.352 e. The van der Waals surface area contributed by atoms with Crippen LogP contribution in [-0.4, -0.2) is 72.7 Å². The fourth-order valence-corrected chi connectivity index (χ4v) is 4.15. The van der Waals surface area contributed by atoms with Gasteiger partial charge in [-0.15, -0.1) is 0 Å². The molecule has 2 aliphatic heterocycles. The molecule has 1 aromatic carbocycles. The number of methoxy groups -OCH3 is 1. The number of likely N-dealkylation sites (tertiary alicyclic amines) is 2. The lowest BCUT2D eigenvalue weighted by atomic mass is 10.1. The van der Waals surface area contributed by atoms with Crippen molar-refractivity contribution in [3.63, 3.8) is 0 Å². The van der Waals surface area contributed by atoms with Gasteiger partial charge in [-0.1, -0.05) is 0 Å². The number of nitrogen functional groups attached to an aromatic ring is 1. The Morgan fingerprint density at radius 1 is 1.17 bits per heavy atom. The van der Waals surface area contributed by atoms with Crippen LogP contribution in [0.5, 0.6) is 0 Å². The maximum absolute atomic E-state index is 13.4. The summed E-state index contributed by atoms with van der Waals surface area (Å²) in [5.41, 5.74) is 6.21. The van der Waals surface area contributed by atoms with Gasteiger partial charge in [0, 0.05) is 30.9 Å². The number of nitriles is 1. The number of amidine groups is 1. The van der Waals surface area contributed by atoms with Crippen LogP contribution < -0.4 is 16.4 Å². The van der Waals surface area contributed by atoms with Gasteiger partial charge in [0.1, 0.15) is 23.8 Å². The number of hydrogen-bond donors (Lipinski definition) is 4. The van der Waals surface area contributed by atoms with E-state index in [0.29, 0.717) is 37.3 Å². The molecular weight excluding hydrogens is 450 g/mol. The number of hydrogen-bond acceptors (Lipinski definition) is 8. The van der Waals surface area contributed by atoms with E-state index in [2.05, 4.69) is 10.6 Å². The molecule has 0 spiro atoms. The summed E-state index contributed by atoms with van der Waals surface area (Å²) in [5.74, 6) is -1.25. The Balaban J connectivity index is 1.83. The van der Waals surface area contributed by atoms with Crippen LogP contribution in [0.15, 0.2) is 35.7 Å². The minimum atomic E-state index is -0.856. The molecule has 2 saturated heterocycles. The van der Waals surface area contributed by atoms with Crippen molar-refractivity contribution in [1.29, 1.82) is 10.7 Å². The topological polar surface area (TPSA) is 165 Å².